The van der Waals surface area contributed by atoms with Crippen LogP contribution in [-0.2, 0) is 6.54 Å². The summed E-state index contributed by atoms with van der Waals surface area (Å²) in [6, 6.07) is 15.5. The van der Waals surface area contributed by atoms with Crippen LogP contribution in [0.25, 0.3) is 0 Å². The Hall–Kier alpha value is -2.04. The second kappa shape index (κ2) is 4.91. The minimum atomic E-state index is -0.235. The highest BCUT2D eigenvalue weighted by Gasteiger charge is 2.25. The third-order valence-corrected chi connectivity index (χ3v) is 3.40. The fourth-order valence-corrected chi connectivity index (χ4v) is 2.36. The molecule has 0 amide bonds. The van der Waals surface area contributed by atoms with E-state index in [-0.39, 0.29) is 6.17 Å². The van der Waals surface area contributed by atoms with Gasteiger partial charge >= 0.3 is 0 Å². The van der Waals surface area contributed by atoms with Gasteiger partial charge in [0.25, 0.3) is 0 Å². The Morgan fingerprint density at radius 3 is 2.63 bits per heavy atom. The number of nitrogens with one attached hydrogen (secondary N) is 1. The van der Waals surface area contributed by atoms with Gasteiger partial charge < -0.3 is 4.74 Å². The van der Waals surface area contributed by atoms with Crippen LogP contribution in [0, 0.1) is 0 Å². The molecule has 2 N–H and O–H groups in total. The number of hydrogen-bond acceptors (Lipinski definition) is 4. The van der Waals surface area contributed by atoms with Gasteiger partial charge in [-0.25, -0.2) is 5.06 Å². The Morgan fingerprint density at radius 1 is 1.16 bits per heavy atom. The molecule has 0 radical (unpaired) electrons. The van der Waals surface area contributed by atoms with Crippen LogP contribution in [0.4, 0.5) is 5.69 Å². The summed E-state index contributed by atoms with van der Waals surface area (Å²) in [5, 5.41) is 14.9. The average molecular weight is 256 g/mol. The van der Waals surface area contributed by atoms with E-state index in [1.165, 1.54) is 5.06 Å². The van der Waals surface area contributed by atoms with Crippen LogP contribution in [0.1, 0.15) is 17.3 Å². The molecule has 0 fully saturated rings. The van der Waals surface area contributed by atoms with Crippen molar-refractivity contribution in [2.75, 3.05) is 12.2 Å². The number of hydrogen-bond donors (Lipinski definition) is 2. The van der Waals surface area contributed by atoms with Gasteiger partial charge in [-0.2, -0.15) is 0 Å². The van der Waals surface area contributed by atoms with Crippen molar-refractivity contribution in [3.05, 3.63) is 59.7 Å². The van der Waals surface area contributed by atoms with Crippen LogP contribution in [0.2, 0.25) is 0 Å². The van der Waals surface area contributed by atoms with E-state index in [1.807, 2.05) is 48.5 Å². The summed E-state index contributed by atoms with van der Waals surface area (Å²) in [6.07, 6.45) is -0.235. The molecule has 98 valence electrons. The van der Waals surface area contributed by atoms with Gasteiger partial charge in [0.15, 0.2) is 0 Å². The predicted molar refractivity (Wildman–Crippen MR) is 73.3 cm³/mol. The number of para-hydroxylation sites is 1. The van der Waals surface area contributed by atoms with Crippen molar-refractivity contribution in [3.8, 4) is 5.75 Å². The highest BCUT2D eigenvalue weighted by molar-refractivity contribution is 5.54. The SMILES string of the molecule is COc1ccc(C2NCc3ccccc3N2O)cc1. The lowest BCUT2D eigenvalue weighted by atomic mass is 10.1. The molecule has 2 aromatic rings. The Morgan fingerprint density at radius 2 is 1.89 bits per heavy atom. The quantitative estimate of drug-likeness (QED) is 0.867. The van der Waals surface area contributed by atoms with Crippen molar-refractivity contribution in [2.24, 2.45) is 0 Å². The molecule has 0 aromatic heterocycles. The van der Waals surface area contributed by atoms with E-state index in [4.69, 9.17) is 4.74 Å². The maximum atomic E-state index is 10.3. The van der Waals surface area contributed by atoms with Crippen LogP contribution in [0.3, 0.4) is 0 Å². The molecule has 0 bridgehead atoms. The molecule has 0 saturated heterocycles. The first-order valence-electron chi connectivity index (χ1n) is 6.23. The van der Waals surface area contributed by atoms with Gasteiger partial charge in [-0.15, -0.1) is 0 Å². The summed E-state index contributed by atoms with van der Waals surface area (Å²) in [4.78, 5) is 0. The fourth-order valence-electron chi connectivity index (χ4n) is 2.36. The summed E-state index contributed by atoms with van der Waals surface area (Å²) in [7, 11) is 1.64. The maximum absolute atomic E-state index is 10.3. The molecule has 1 aliphatic rings. The minimum Gasteiger partial charge on any atom is -0.497 e. The Kier molecular flexibility index (Phi) is 3.11. The van der Waals surface area contributed by atoms with E-state index in [1.54, 1.807) is 7.11 Å². The number of fused-ring (bicyclic) bond motifs is 1. The number of benzene rings is 2. The molecule has 19 heavy (non-hydrogen) atoms. The Balaban J connectivity index is 1.90. The normalized spacial score (nSPS) is 18.0. The van der Waals surface area contributed by atoms with E-state index in [2.05, 4.69) is 5.32 Å². The molecule has 4 nitrogen and oxygen atoms in total. The molecule has 0 saturated carbocycles. The predicted octanol–water partition coefficient (Wildman–Crippen LogP) is 2.69. The van der Waals surface area contributed by atoms with Crippen LogP contribution in [0.15, 0.2) is 48.5 Å². The van der Waals surface area contributed by atoms with Gasteiger partial charge in [-0.1, -0.05) is 30.3 Å². The lowest BCUT2D eigenvalue weighted by Crippen LogP contribution is -2.40. The summed E-state index contributed by atoms with van der Waals surface area (Å²) < 4.78 is 5.14. The lowest BCUT2D eigenvalue weighted by Gasteiger charge is -2.34. The molecular formula is C15H16N2O2. The number of hydroxylamine groups is 1. The number of anilines is 1. The number of methoxy groups -OCH3 is 1. The average Bonchev–Trinajstić information content (AvgIpc) is 2.48. The molecule has 0 aliphatic carbocycles. The van der Waals surface area contributed by atoms with E-state index >= 15 is 0 Å². The second-order valence-electron chi connectivity index (χ2n) is 4.53. The summed E-state index contributed by atoms with van der Waals surface area (Å²) >= 11 is 0. The van der Waals surface area contributed by atoms with E-state index in [9.17, 15) is 5.21 Å². The van der Waals surface area contributed by atoms with Crippen molar-refractivity contribution in [2.45, 2.75) is 12.7 Å². The Bertz CT molecular complexity index is 569. The largest absolute Gasteiger partial charge is 0.497 e. The van der Waals surface area contributed by atoms with Crippen molar-refractivity contribution in [1.29, 1.82) is 0 Å². The third kappa shape index (κ3) is 2.16. The van der Waals surface area contributed by atoms with Crippen LogP contribution < -0.4 is 15.1 Å². The zero-order valence-corrected chi connectivity index (χ0v) is 10.7. The highest BCUT2D eigenvalue weighted by atomic mass is 16.5. The number of ether oxygens (including phenoxy) is 1. The number of rotatable bonds is 2. The smallest absolute Gasteiger partial charge is 0.132 e. The van der Waals surface area contributed by atoms with Crippen LogP contribution >= 0.6 is 0 Å². The minimum absolute atomic E-state index is 0.235. The van der Waals surface area contributed by atoms with E-state index in [0.29, 0.717) is 0 Å². The molecule has 3 rings (SSSR count). The second-order valence-corrected chi connectivity index (χ2v) is 4.53. The zero-order valence-electron chi connectivity index (χ0n) is 10.7. The van der Waals surface area contributed by atoms with E-state index < -0.39 is 0 Å². The van der Waals surface area contributed by atoms with Gasteiger partial charge in [-0.3, -0.25) is 10.5 Å². The number of nitrogens with zero attached hydrogens (tertiary/aromatic N) is 1. The molecule has 4 heteroatoms. The van der Waals surface area contributed by atoms with Gasteiger partial charge in [0.2, 0.25) is 0 Å². The van der Waals surface area contributed by atoms with Gasteiger partial charge in [0, 0.05) is 6.54 Å². The summed E-state index contributed by atoms with van der Waals surface area (Å²) in [5.74, 6) is 0.810. The van der Waals surface area contributed by atoms with Crippen LogP contribution in [0.5, 0.6) is 5.75 Å². The highest BCUT2D eigenvalue weighted by Crippen LogP contribution is 2.31. The first-order valence-corrected chi connectivity index (χ1v) is 6.23. The molecular weight excluding hydrogens is 240 g/mol. The fraction of sp³-hybridized carbons (Fsp3) is 0.200. The van der Waals surface area contributed by atoms with Gasteiger partial charge in [0.1, 0.15) is 11.9 Å². The molecule has 1 unspecified atom stereocenters. The molecule has 0 spiro atoms. The Labute approximate surface area is 112 Å². The molecule has 1 atom stereocenters. The summed E-state index contributed by atoms with van der Waals surface area (Å²) in [5.41, 5.74) is 2.94. The topological polar surface area (TPSA) is 44.7 Å². The van der Waals surface area contributed by atoms with Crippen molar-refractivity contribution < 1.29 is 9.94 Å². The zero-order chi connectivity index (χ0) is 13.2. The lowest BCUT2D eigenvalue weighted by molar-refractivity contribution is 0.187. The van der Waals surface area contributed by atoms with E-state index in [0.717, 1.165) is 29.1 Å². The standard InChI is InChI=1S/C15H16N2O2/c1-19-13-8-6-11(7-9-13)15-16-10-12-4-2-3-5-14(12)17(15)18/h2-9,15-16,18H,10H2,1H3. The molecule has 1 heterocycles. The first-order chi connectivity index (χ1) is 9.29. The summed E-state index contributed by atoms with van der Waals surface area (Å²) in [6.45, 7) is 0.740. The van der Waals surface area contributed by atoms with Crippen molar-refractivity contribution in [3.63, 3.8) is 0 Å². The third-order valence-electron chi connectivity index (χ3n) is 3.40. The van der Waals surface area contributed by atoms with Gasteiger partial charge in [0.05, 0.1) is 12.8 Å². The van der Waals surface area contributed by atoms with Crippen molar-refractivity contribution in [1.82, 2.24) is 5.32 Å². The molecule has 1 aliphatic heterocycles. The maximum Gasteiger partial charge on any atom is 0.132 e. The monoisotopic (exact) mass is 256 g/mol. The van der Waals surface area contributed by atoms with Crippen molar-refractivity contribution >= 4 is 5.69 Å². The van der Waals surface area contributed by atoms with Gasteiger partial charge in [-0.05, 0) is 29.3 Å². The van der Waals surface area contributed by atoms with Crippen LogP contribution in [-0.4, -0.2) is 12.3 Å². The first kappa shape index (κ1) is 12.0. The molecule has 2 aromatic carbocycles.